The van der Waals surface area contributed by atoms with Crippen LogP contribution in [0, 0.1) is 13.8 Å². The topological polar surface area (TPSA) is 77.0 Å². The molecule has 0 aliphatic carbocycles. The van der Waals surface area contributed by atoms with Gasteiger partial charge in [0.2, 0.25) is 0 Å². The maximum atomic E-state index is 13.4. The first-order valence-electron chi connectivity index (χ1n) is 11.5. The van der Waals surface area contributed by atoms with Crippen LogP contribution in [0.1, 0.15) is 51.8 Å². The van der Waals surface area contributed by atoms with Gasteiger partial charge in [0.25, 0.3) is 5.91 Å². The van der Waals surface area contributed by atoms with E-state index in [2.05, 4.69) is 18.1 Å². The minimum atomic E-state index is 0.0641. The second kappa shape index (κ2) is 8.70. The van der Waals surface area contributed by atoms with Crippen molar-refractivity contribution in [1.82, 2.24) is 19.7 Å². The van der Waals surface area contributed by atoms with Crippen LogP contribution in [0.4, 0.5) is 5.69 Å². The summed E-state index contributed by atoms with van der Waals surface area (Å²) >= 11 is 0. The van der Waals surface area contributed by atoms with Gasteiger partial charge < -0.3 is 10.6 Å². The molecule has 0 bridgehead atoms. The number of para-hydroxylation sites is 1. The van der Waals surface area contributed by atoms with Gasteiger partial charge in [-0.3, -0.25) is 14.5 Å². The van der Waals surface area contributed by atoms with Gasteiger partial charge in [-0.25, -0.2) is 0 Å². The number of likely N-dealkylation sites (tertiary alicyclic amines) is 1. The number of anilines is 1. The Labute approximate surface area is 194 Å². The van der Waals surface area contributed by atoms with Crippen molar-refractivity contribution in [3.05, 3.63) is 88.9 Å². The highest BCUT2D eigenvalue weighted by Crippen LogP contribution is 2.32. The summed E-state index contributed by atoms with van der Waals surface area (Å²) < 4.78 is 1.98. The summed E-state index contributed by atoms with van der Waals surface area (Å²) in [5.74, 6) is 0.208. The maximum Gasteiger partial charge on any atom is 0.253 e. The van der Waals surface area contributed by atoms with Crippen LogP contribution in [0.3, 0.4) is 0 Å². The molecule has 0 unspecified atom stereocenters. The van der Waals surface area contributed by atoms with Crippen LogP contribution in [0.15, 0.2) is 60.7 Å². The molecular weight excluding hydrogens is 410 g/mol. The van der Waals surface area contributed by atoms with Crippen LogP contribution in [-0.4, -0.2) is 38.7 Å². The van der Waals surface area contributed by atoms with Crippen molar-refractivity contribution in [2.45, 2.75) is 39.2 Å². The number of benzene rings is 2. The molecule has 2 aromatic heterocycles. The zero-order chi connectivity index (χ0) is 22.9. The van der Waals surface area contributed by atoms with Gasteiger partial charge in [0.1, 0.15) is 0 Å². The number of nitrogens with zero attached hydrogens (tertiary/aromatic N) is 4. The van der Waals surface area contributed by atoms with Crippen molar-refractivity contribution in [3.63, 3.8) is 0 Å². The first-order valence-corrected chi connectivity index (χ1v) is 11.5. The van der Waals surface area contributed by atoms with Gasteiger partial charge in [0.05, 0.1) is 29.1 Å². The molecule has 0 saturated carbocycles. The fraction of sp³-hybridized carbons (Fsp3) is 0.296. The number of hydrogen-bond donors (Lipinski definition) is 1. The predicted molar refractivity (Wildman–Crippen MR) is 131 cm³/mol. The number of nitrogen functional groups attached to an aromatic ring is 1. The largest absolute Gasteiger partial charge is 0.397 e. The molecule has 6 nitrogen and oxygen atoms in total. The van der Waals surface area contributed by atoms with E-state index in [-0.39, 0.29) is 11.8 Å². The Morgan fingerprint density at radius 1 is 1.09 bits per heavy atom. The van der Waals surface area contributed by atoms with E-state index in [0.717, 1.165) is 52.9 Å². The number of amides is 1. The minimum absolute atomic E-state index is 0.0641. The van der Waals surface area contributed by atoms with Crippen LogP contribution in [0.5, 0.6) is 0 Å². The zero-order valence-corrected chi connectivity index (χ0v) is 19.2. The molecule has 168 valence electrons. The minimum Gasteiger partial charge on any atom is -0.397 e. The molecule has 1 fully saturated rings. The summed E-state index contributed by atoms with van der Waals surface area (Å²) in [6.07, 6.45) is 1.92. The van der Waals surface area contributed by atoms with Crippen LogP contribution in [-0.2, 0) is 6.54 Å². The number of aryl methyl sites for hydroxylation is 2. The zero-order valence-electron chi connectivity index (χ0n) is 19.2. The quantitative estimate of drug-likeness (QED) is 0.500. The van der Waals surface area contributed by atoms with E-state index < -0.39 is 0 Å². The average molecular weight is 440 g/mol. The third kappa shape index (κ3) is 4.33. The van der Waals surface area contributed by atoms with Gasteiger partial charge in [0, 0.05) is 35.7 Å². The lowest BCUT2D eigenvalue weighted by Gasteiger charge is -2.33. The number of carbonyl (C=O) groups excluding carboxylic acids is 1. The monoisotopic (exact) mass is 439 g/mol. The number of carbonyl (C=O) groups is 1. The third-order valence-electron chi connectivity index (χ3n) is 6.49. The Morgan fingerprint density at radius 3 is 2.76 bits per heavy atom. The molecule has 1 aliphatic heterocycles. The van der Waals surface area contributed by atoms with Crippen LogP contribution >= 0.6 is 0 Å². The smallest absolute Gasteiger partial charge is 0.253 e. The van der Waals surface area contributed by atoms with Crippen molar-refractivity contribution in [2.75, 3.05) is 18.8 Å². The Kier molecular flexibility index (Phi) is 5.58. The molecule has 6 heteroatoms. The van der Waals surface area contributed by atoms with Gasteiger partial charge >= 0.3 is 0 Å². The summed E-state index contributed by atoms with van der Waals surface area (Å²) in [4.78, 5) is 20.2. The predicted octanol–water partition coefficient (Wildman–Crippen LogP) is 4.70. The Morgan fingerprint density at radius 2 is 1.94 bits per heavy atom. The standard InChI is InChI=1S/C27H29N5O/c1-18-13-19(2)32(30-18)16-20-7-5-9-22(14-20)27(33)31-12-6-10-23(17-31)26-24(28)15-21-8-3-4-11-25(21)29-26/h3-5,7-9,11,13-15,23H,6,10,12,16-17,28H2,1-2H3/t23-/m0/s1. The third-order valence-corrected chi connectivity index (χ3v) is 6.49. The number of fused-ring (bicyclic) bond motifs is 1. The van der Waals surface area contributed by atoms with Gasteiger partial charge in [-0.1, -0.05) is 30.3 Å². The average Bonchev–Trinajstić information content (AvgIpc) is 3.14. The van der Waals surface area contributed by atoms with Gasteiger partial charge in [-0.05, 0) is 62.6 Å². The fourth-order valence-corrected chi connectivity index (χ4v) is 4.85. The number of rotatable bonds is 4. The molecule has 5 rings (SSSR count). The van der Waals surface area contributed by atoms with Gasteiger partial charge in [0.15, 0.2) is 0 Å². The first-order chi connectivity index (χ1) is 16.0. The van der Waals surface area contributed by atoms with Crippen LogP contribution in [0.25, 0.3) is 10.9 Å². The lowest BCUT2D eigenvalue weighted by molar-refractivity contribution is 0.0706. The van der Waals surface area contributed by atoms with Crippen molar-refractivity contribution in [2.24, 2.45) is 0 Å². The van der Waals surface area contributed by atoms with Crippen LogP contribution < -0.4 is 5.73 Å². The number of aromatic nitrogens is 3. The molecule has 33 heavy (non-hydrogen) atoms. The van der Waals surface area contributed by atoms with E-state index in [0.29, 0.717) is 24.3 Å². The van der Waals surface area contributed by atoms with E-state index in [9.17, 15) is 4.79 Å². The molecule has 4 aromatic rings. The summed E-state index contributed by atoms with van der Waals surface area (Å²) in [6, 6.07) is 20.0. The van der Waals surface area contributed by atoms with Crippen molar-refractivity contribution in [1.29, 1.82) is 0 Å². The number of hydrogen-bond acceptors (Lipinski definition) is 4. The molecule has 1 saturated heterocycles. The fourth-order valence-electron chi connectivity index (χ4n) is 4.85. The van der Waals surface area contributed by atoms with E-state index in [4.69, 9.17) is 10.7 Å². The molecule has 1 aliphatic rings. The molecule has 3 heterocycles. The van der Waals surface area contributed by atoms with Gasteiger partial charge in [-0.15, -0.1) is 0 Å². The molecular formula is C27H29N5O. The van der Waals surface area contributed by atoms with E-state index in [1.54, 1.807) is 0 Å². The van der Waals surface area contributed by atoms with Crippen molar-refractivity contribution in [3.8, 4) is 0 Å². The van der Waals surface area contributed by atoms with E-state index >= 15 is 0 Å². The van der Waals surface area contributed by atoms with Gasteiger partial charge in [-0.2, -0.15) is 5.10 Å². The van der Waals surface area contributed by atoms with E-state index in [1.807, 2.05) is 71.1 Å². The van der Waals surface area contributed by atoms with E-state index in [1.165, 1.54) is 0 Å². The molecule has 0 radical (unpaired) electrons. The molecule has 0 spiro atoms. The van der Waals surface area contributed by atoms with Crippen LogP contribution in [0.2, 0.25) is 0 Å². The summed E-state index contributed by atoms with van der Waals surface area (Å²) in [5.41, 5.74) is 12.8. The summed E-state index contributed by atoms with van der Waals surface area (Å²) in [5, 5.41) is 5.59. The maximum absolute atomic E-state index is 13.4. The molecule has 1 atom stereocenters. The SMILES string of the molecule is Cc1cc(C)n(Cc2cccc(C(=O)N3CCC[C@H](c4nc5ccccc5cc4N)C3)c2)n1. The number of nitrogens with two attached hydrogens (primary N) is 1. The number of pyridine rings is 1. The van der Waals surface area contributed by atoms with Crippen molar-refractivity contribution >= 4 is 22.5 Å². The summed E-state index contributed by atoms with van der Waals surface area (Å²) in [7, 11) is 0. The highest BCUT2D eigenvalue weighted by molar-refractivity contribution is 5.94. The Hall–Kier alpha value is -3.67. The normalized spacial score (nSPS) is 16.3. The molecule has 1 amide bonds. The lowest BCUT2D eigenvalue weighted by atomic mass is 9.92. The molecule has 2 N–H and O–H groups in total. The summed E-state index contributed by atoms with van der Waals surface area (Å²) in [6.45, 7) is 6.09. The Bertz CT molecular complexity index is 1330. The molecule has 2 aromatic carbocycles. The number of piperidine rings is 1. The second-order valence-electron chi connectivity index (χ2n) is 9.03. The second-order valence-corrected chi connectivity index (χ2v) is 9.03. The highest BCUT2D eigenvalue weighted by Gasteiger charge is 2.28. The highest BCUT2D eigenvalue weighted by atomic mass is 16.2. The lowest BCUT2D eigenvalue weighted by Crippen LogP contribution is -2.39. The first kappa shape index (κ1) is 21.2. The Balaban J connectivity index is 1.35. The van der Waals surface area contributed by atoms with Crippen molar-refractivity contribution < 1.29 is 4.79 Å².